The van der Waals surface area contributed by atoms with E-state index < -0.39 is 0 Å². The number of carbonyl (C=O) groups excluding carboxylic acids is 2. The first-order valence-corrected chi connectivity index (χ1v) is 8.85. The smallest absolute Gasteiger partial charge is 0.241 e. The molecule has 0 fully saturated rings. The van der Waals surface area contributed by atoms with E-state index in [0.717, 1.165) is 51.7 Å². The Kier molecular flexibility index (Phi) is 14.5. The van der Waals surface area contributed by atoms with Crippen LogP contribution in [0, 0.1) is 0 Å². The number of amides is 2. The van der Waals surface area contributed by atoms with E-state index in [9.17, 15) is 9.59 Å². The van der Waals surface area contributed by atoms with Gasteiger partial charge in [-0.15, -0.1) is 0 Å². The van der Waals surface area contributed by atoms with E-state index >= 15 is 0 Å². The van der Waals surface area contributed by atoms with Crippen molar-refractivity contribution < 1.29 is 9.59 Å². The summed E-state index contributed by atoms with van der Waals surface area (Å²) in [4.78, 5) is 25.3. The maximum absolute atomic E-state index is 12.3. The summed E-state index contributed by atoms with van der Waals surface area (Å²) in [5.41, 5.74) is 10.9. The van der Waals surface area contributed by atoms with E-state index in [-0.39, 0.29) is 24.4 Å². The van der Waals surface area contributed by atoms with Gasteiger partial charge in [0.15, 0.2) is 0 Å². The van der Waals surface area contributed by atoms with Gasteiger partial charge in [-0.25, -0.2) is 0 Å². The van der Waals surface area contributed by atoms with Gasteiger partial charge in [-0.3, -0.25) is 9.59 Å². The molecule has 0 heterocycles. The molecule has 0 aromatic carbocycles. The number of nitrogens with two attached hydrogens (primary N) is 2. The fourth-order valence-corrected chi connectivity index (χ4v) is 2.10. The molecular weight excluding hydrogens is 308 g/mol. The fourth-order valence-electron chi connectivity index (χ4n) is 2.10. The standard InChI is InChI=1S/C16H36N6O2/c1-22(2)15(23)13-21-16(24)14(20-12-6-9-18)7-5-11-19-10-4-3-8-17/h14,19-20H,3-13,17-18H2,1-2H3,(H,21,24)/t14-/m0/s1. The minimum absolute atomic E-state index is 0.0260. The van der Waals surface area contributed by atoms with Gasteiger partial charge in [0.2, 0.25) is 11.8 Å². The number of nitrogens with zero attached hydrogens (tertiary/aromatic N) is 1. The Bertz CT molecular complexity index is 339. The Labute approximate surface area is 146 Å². The summed E-state index contributed by atoms with van der Waals surface area (Å²) in [5.74, 6) is -0.254. The highest BCUT2D eigenvalue weighted by Crippen LogP contribution is 1.98. The van der Waals surface area contributed by atoms with Crippen LogP contribution in [0.1, 0.15) is 32.1 Å². The molecule has 0 saturated carbocycles. The first-order valence-electron chi connectivity index (χ1n) is 8.85. The van der Waals surface area contributed by atoms with Crippen molar-refractivity contribution in [1.29, 1.82) is 0 Å². The molecule has 142 valence electrons. The van der Waals surface area contributed by atoms with Crippen molar-refractivity contribution in [2.24, 2.45) is 11.5 Å². The van der Waals surface area contributed by atoms with Gasteiger partial charge in [0, 0.05) is 14.1 Å². The number of likely N-dealkylation sites (N-methyl/N-ethyl adjacent to an activating group) is 1. The van der Waals surface area contributed by atoms with Crippen molar-refractivity contribution in [2.75, 3.05) is 53.4 Å². The Morgan fingerprint density at radius 1 is 0.958 bits per heavy atom. The molecule has 8 heteroatoms. The quantitative estimate of drug-likeness (QED) is 0.233. The normalized spacial score (nSPS) is 12.0. The second kappa shape index (κ2) is 15.3. The maximum Gasteiger partial charge on any atom is 0.241 e. The van der Waals surface area contributed by atoms with Crippen molar-refractivity contribution in [3.8, 4) is 0 Å². The predicted molar refractivity (Wildman–Crippen MR) is 97.6 cm³/mol. The molecule has 0 saturated heterocycles. The molecular formula is C16H36N6O2. The molecule has 0 rings (SSSR count). The van der Waals surface area contributed by atoms with Gasteiger partial charge in [-0.05, 0) is 64.8 Å². The summed E-state index contributed by atoms with van der Waals surface area (Å²) >= 11 is 0. The molecule has 0 radical (unpaired) electrons. The van der Waals surface area contributed by atoms with Crippen LogP contribution in [-0.2, 0) is 9.59 Å². The lowest BCUT2D eigenvalue weighted by atomic mass is 10.1. The van der Waals surface area contributed by atoms with E-state index in [1.807, 2.05) is 0 Å². The van der Waals surface area contributed by atoms with Gasteiger partial charge in [0.1, 0.15) is 0 Å². The van der Waals surface area contributed by atoms with Crippen LogP contribution in [0.5, 0.6) is 0 Å². The Hall–Kier alpha value is -1.22. The summed E-state index contributed by atoms with van der Waals surface area (Å²) < 4.78 is 0. The summed E-state index contributed by atoms with van der Waals surface area (Å²) in [7, 11) is 3.34. The topological polar surface area (TPSA) is 126 Å². The molecule has 0 aliphatic heterocycles. The molecule has 0 bridgehead atoms. The summed E-state index contributed by atoms with van der Waals surface area (Å²) in [6.07, 6.45) is 4.52. The molecule has 0 spiro atoms. The van der Waals surface area contributed by atoms with E-state index in [1.54, 1.807) is 14.1 Å². The van der Waals surface area contributed by atoms with Crippen molar-refractivity contribution in [3.63, 3.8) is 0 Å². The number of nitrogens with one attached hydrogen (secondary N) is 3. The summed E-state index contributed by atoms with van der Waals surface area (Å²) in [6, 6.07) is -0.294. The van der Waals surface area contributed by atoms with Crippen LogP contribution < -0.4 is 27.4 Å². The molecule has 1 atom stereocenters. The van der Waals surface area contributed by atoms with E-state index in [4.69, 9.17) is 11.5 Å². The lowest BCUT2D eigenvalue weighted by Crippen LogP contribution is -2.47. The van der Waals surface area contributed by atoms with E-state index in [2.05, 4.69) is 16.0 Å². The van der Waals surface area contributed by atoms with Gasteiger partial charge >= 0.3 is 0 Å². The number of unbranched alkanes of at least 4 members (excludes halogenated alkanes) is 1. The monoisotopic (exact) mass is 344 g/mol. The fraction of sp³-hybridized carbons (Fsp3) is 0.875. The van der Waals surface area contributed by atoms with Crippen LogP contribution in [0.3, 0.4) is 0 Å². The van der Waals surface area contributed by atoms with E-state index in [1.165, 1.54) is 4.90 Å². The largest absolute Gasteiger partial charge is 0.347 e. The lowest BCUT2D eigenvalue weighted by molar-refractivity contribution is -0.131. The van der Waals surface area contributed by atoms with Crippen LogP contribution in [0.15, 0.2) is 0 Å². The minimum atomic E-state index is -0.294. The molecule has 0 unspecified atom stereocenters. The Morgan fingerprint density at radius 2 is 1.62 bits per heavy atom. The highest BCUT2D eigenvalue weighted by atomic mass is 16.2. The lowest BCUT2D eigenvalue weighted by Gasteiger charge is -2.19. The number of rotatable bonds is 15. The molecule has 0 aliphatic carbocycles. The van der Waals surface area contributed by atoms with Crippen molar-refractivity contribution in [2.45, 2.75) is 38.1 Å². The molecule has 2 amide bonds. The first kappa shape index (κ1) is 22.8. The van der Waals surface area contributed by atoms with Gasteiger partial charge in [0.05, 0.1) is 12.6 Å². The zero-order chi connectivity index (χ0) is 18.2. The molecule has 7 N–H and O–H groups in total. The molecule has 24 heavy (non-hydrogen) atoms. The van der Waals surface area contributed by atoms with Crippen molar-refractivity contribution in [3.05, 3.63) is 0 Å². The van der Waals surface area contributed by atoms with Crippen LogP contribution in [0.4, 0.5) is 0 Å². The van der Waals surface area contributed by atoms with Gasteiger partial charge in [0.25, 0.3) is 0 Å². The zero-order valence-corrected chi connectivity index (χ0v) is 15.3. The molecule has 0 aromatic heterocycles. The maximum atomic E-state index is 12.3. The first-order chi connectivity index (χ1) is 11.5. The highest BCUT2D eigenvalue weighted by Gasteiger charge is 2.18. The highest BCUT2D eigenvalue weighted by molar-refractivity contribution is 5.87. The van der Waals surface area contributed by atoms with Gasteiger partial charge in [-0.2, -0.15) is 0 Å². The second-order valence-electron chi connectivity index (χ2n) is 6.04. The predicted octanol–water partition coefficient (Wildman–Crippen LogP) is -1.39. The third kappa shape index (κ3) is 12.2. The molecule has 0 aliphatic rings. The zero-order valence-electron chi connectivity index (χ0n) is 15.3. The van der Waals surface area contributed by atoms with Gasteiger partial charge in [-0.1, -0.05) is 0 Å². The number of hydrogen-bond donors (Lipinski definition) is 5. The van der Waals surface area contributed by atoms with Crippen molar-refractivity contribution in [1.82, 2.24) is 20.9 Å². The third-order valence-electron chi connectivity index (χ3n) is 3.65. The average Bonchev–Trinajstić information content (AvgIpc) is 2.56. The van der Waals surface area contributed by atoms with Crippen LogP contribution in [0.2, 0.25) is 0 Å². The Balaban J connectivity index is 4.11. The Morgan fingerprint density at radius 3 is 2.25 bits per heavy atom. The van der Waals surface area contributed by atoms with Crippen LogP contribution in [0.25, 0.3) is 0 Å². The SMILES string of the molecule is CN(C)C(=O)CNC(=O)[C@H](CCCNCCCCN)NCCCN. The van der Waals surface area contributed by atoms with Crippen LogP contribution >= 0.6 is 0 Å². The van der Waals surface area contributed by atoms with Crippen molar-refractivity contribution >= 4 is 11.8 Å². The summed E-state index contributed by atoms with van der Waals surface area (Å²) in [6.45, 7) is 3.84. The second-order valence-corrected chi connectivity index (χ2v) is 6.04. The summed E-state index contributed by atoms with van der Waals surface area (Å²) in [5, 5.41) is 9.28. The minimum Gasteiger partial charge on any atom is -0.347 e. The van der Waals surface area contributed by atoms with Gasteiger partial charge < -0.3 is 32.3 Å². The number of hydrogen-bond acceptors (Lipinski definition) is 6. The molecule has 0 aromatic rings. The van der Waals surface area contributed by atoms with E-state index in [0.29, 0.717) is 13.1 Å². The molecule has 8 nitrogen and oxygen atoms in total. The average molecular weight is 345 g/mol. The third-order valence-corrected chi connectivity index (χ3v) is 3.65. The number of carbonyl (C=O) groups is 2. The van der Waals surface area contributed by atoms with Crippen LogP contribution in [-0.4, -0.2) is 76.1 Å².